The quantitative estimate of drug-likeness (QED) is 0.565. The second-order valence-electron chi connectivity index (χ2n) is 7.30. The Bertz CT molecular complexity index is 565. The monoisotopic (exact) mass is 380 g/mol. The Hall–Kier alpha value is -1.67. The number of likely N-dealkylation sites (tertiary alicyclic amines) is 1. The number of aliphatic hydroxyl groups is 3. The van der Waals surface area contributed by atoms with E-state index < -0.39 is 6.09 Å². The van der Waals surface area contributed by atoms with E-state index in [0.717, 1.165) is 45.0 Å². The van der Waals surface area contributed by atoms with E-state index in [1.54, 1.807) is 0 Å². The summed E-state index contributed by atoms with van der Waals surface area (Å²) < 4.78 is 5.19. The molecule has 27 heavy (non-hydrogen) atoms. The maximum Gasteiger partial charge on any atom is 0.407 e. The van der Waals surface area contributed by atoms with Gasteiger partial charge in [-0.1, -0.05) is 30.3 Å². The second-order valence-corrected chi connectivity index (χ2v) is 7.30. The van der Waals surface area contributed by atoms with Gasteiger partial charge in [-0.15, -0.1) is 0 Å². The number of amides is 1. The van der Waals surface area contributed by atoms with Crippen LogP contribution in [0, 0.1) is 5.41 Å². The molecule has 1 aromatic carbocycles. The van der Waals surface area contributed by atoms with Gasteiger partial charge in [0.05, 0.1) is 18.8 Å². The van der Waals surface area contributed by atoms with E-state index in [1.807, 2.05) is 30.3 Å². The van der Waals surface area contributed by atoms with Gasteiger partial charge in [0, 0.05) is 20.2 Å². The molecule has 1 aliphatic heterocycles. The zero-order valence-electron chi connectivity index (χ0n) is 16.0. The van der Waals surface area contributed by atoms with Gasteiger partial charge in [-0.05, 0) is 43.2 Å². The van der Waals surface area contributed by atoms with Crippen molar-refractivity contribution in [1.82, 2.24) is 10.2 Å². The Labute approximate surface area is 161 Å². The van der Waals surface area contributed by atoms with E-state index in [2.05, 4.69) is 10.2 Å². The molecule has 7 heteroatoms. The third-order valence-corrected chi connectivity index (χ3v) is 5.51. The van der Waals surface area contributed by atoms with Crippen LogP contribution in [-0.2, 0) is 11.3 Å². The SMILES string of the molecule is CO.O=C(N[C@H](CO)CCN1CCC2(CC2)[C@H](O)C1)OCc1ccccc1. The molecular weight excluding hydrogens is 348 g/mol. The van der Waals surface area contributed by atoms with Crippen LogP contribution in [0.1, 0.15) is 31.2 Å². The number of rotatable bonds is 7. The van der Waals surface area contributed by atoms with Crippen molar-refractivity contribution in [3.8, 4) is 0 Å². The summed E-state index contributed by atoms with van der Waals surface area (Å²) in [5.41, 5.74) is 1.13. The highest BCUT2D eigenvalue weighted by Crippen LogP contribution is 2.53. The molecule has 0 radical (unpaired) electrons. The first kappa shape index (κ1) is 21.6. The summed E-state index contributed by atoms with van der Waals surface area (Å²) in [5, 5.41) is 29.4. The molecule has 2 aliphatic rings. The van der Waals surface area contributed by atoms with Crippen molar-refractivity contribution in [1.29, 1.82) is 0 Å². The van der Waals surface area contributed by atoms with Gasteiger partial charge >= 0.3 is 6.09 Å². The van der Waals surface area contributed by atoms with Crippen LogP contribution in [0.15, 0.2) is 30.3 Å². The third kappa shape index (κ3) is 6.46. The molecule has 1 aliphatic carbocycles. The standard InChI is InChI=1S/C19H28N2O4.CH4O/c22-13-16(20-18(24)25-14-15-4-2-1-3-5-15)6-10-21-11-9-19(7-8-19)17(23)12-21;1-2/h1-5,16-17,22-23H,6-14H2,(H,20,24);2H,1H3/t16-,17+;/m0./s1. The van der Waals surface area contributed by atoms with E-state index >= 15 is 0 Å². The fourth-order valence-corrected chi connectivity index (χ4v) is 3.50. The van der Waals surface area contributed by atoms with Crippen LogP contribution in [-0.4, -0.2) is 71.8 Å². The number of hydrogen-bond donors (Lipinski definition) is 4. The summed E-state index contributed by atoms with van der Waals surface area (Å²) in [5.74, 6) is 0. The molecule has 0 unspecified atom stereocenters. The lowest BCUT2D eigenvalue weighted by Crippen LogP contribution is -2.47. The van der Waals surface area contributed by atoms with Crippen molar-refractivity contribution in [3.05, 3.63) is 35.9 Å². The van der Waals surface area contributed by atoms with Crippen LogP contribution in [0.4, 0.5) is 4.79 Å². The first-order chi connectivity index (χ1) is 13.1. The fourth-order valence-electron chi connectivity index (χ4n) is 3.50. The Balaban J connectivity index is 0.00000126. The molecule has 0 aromatic heterocycles. The molecule has 1 heterocycles. The lowest BCUT2D eigenvalue weighted by atomic mass is 9.90. The normalized spacial score (nSPS) is 21.7. The van der Waals surface area contributed by atoms with E-state index in [1.165, 1.54) is 0 Å². The van der Waals surface area contributed by atoms with Crippen LogP contribution >= 0.6 is 0 Å². The van der Waals surface area contributed by atoms with Crippen molar-refractivity contribution in [2.45, 2.75) is 44.4 Å². The summed E-state index contributed by atoms with van der Waals surface area (Å²) in [6.45, 7) is 2.51. The first-order valence-electron chi connectivity index (χ1n) is 9.54. The molecule has 1 aromatic rings. The number of alkyl carbamates (subject to hydrolysis) is 1. The van der Waals surface area contributed by atoms with Gasteiger partial charge in [-0.25, -0.2) is 4.79 Å². The molecule has 0 bridgehead atoms. The average Bonchev–Trinajstić information content (AvgIpc) is 3.49. The van der Waals surface area contributed by atoms with Gasteiger partial charge in [0.2, 0.25) is 0 Å². The van der Waals surface area contributed by atoms with Crippen molar-refractivity contribution in [2.75, 3.05) is 33.4 Å². The van der Waals surface area contributed by atoms with E-state index in [9.17, 15) is 15.0 Å². The highest BCUT2D eigenvalue weighted by molar-refractivity contribution is 5.67. The minimum absolute atomic E-state index is 0.124. The predicted octanol–water partition coefficient (Wildman–Crippen LogP) is 1.12. The number of aliphatic hydroxyl groups excluding tert-OH is 3. The van der Waals surface area contributed by atoms with Crippen LogP contribution < -0.4 is 5.32 Å². The molecule has 1 amide bonds. The smallest absolute Gasteiger partial charge is 0.407 e. The molecular formula is C20H32N2O5. The van der Waals surface area contributed by atoms with Crippen molar-refractivity contribution in [3.63, 3.8) is 0 Å². The van der Waals surface area contributed by atoms with Crippen LogP contribution in [0.2, 0.25) is 0 Å². The van der Waals surface area contributed by atoms with E-state index in [-0.39, 0.29) is 30.8 Å². The van der Waals surface area contributed by atoms with Gasteiger partial charge in [-0.2, -0.15) is 0 Å². The Morgan fingerprint density at radius 3 is 2.59 bits per heavy atom. The van der Waals surface area contributed by atoms with Gasteiger partial charge in [0.25, 0.3) is 0 Å². The summed E-state index contributed by atoms with van der Waals surface area (Å²) in [6, 6.07) is 9.15. The molecule has 4 N–H and O–H groups in total. The number of nitrogens with zero attached hydrogens (tertiary/aromatic N) is 1. The van der Waals surface area contributed by atoms with Crippen LogP contribution in [0.5, 0.6) is 0 Å². The van der Waals surface area contributed by atoms with Gasteiger partial charge in [-0.3, -0.25) is 0 Å². The Morgan fingerprint density at radius 2 is 2.00 bits per heavy atom. The molecule has 1 saturated carbocycles. The first-order valence-corrected chi connectivity index (χ1v) is 9.54. The molecule has 1 saturated heterocycles. The summed E-state index contributed by atoms with van der Waals surface area (Å²) in [7, 11) is 1.00. The molecule has 3 rings (SSSR count). The summed E-state index contributed by atoms with van der Waals surface area (Å²) in [6.07, 6.45) is 3.23. The third-order valence-electron chi connectivity index (χ3n) is 5.51. The van der Waals surface area contributed by atoms with Crippen LogP contribution in [0.3, 0.4) is 0 Å². The lowest BCUT2D eigenvalue weighted by molar-refractivity contribution is 0.00668. The number of piperidine rings is 1. The topological polar surface area (TPSA) is 102 Å². The lowest BCUT2D eigenvalue weighted by Gasteiger charge is -2.36. The maximum absolute atomic E-state index is 11.9. The van der Waals surface area contributed by atoms with Gasteiger partial charge in [0.1, 0.15) is 6.61 Å². The summed E-state index contributed by atoms with van der Waals surface area (Å²) in [4.78, 5) is 14.1. The molecule has 2 fully saturated rings. The van der Waals surface area contributed by atoms with E-state index in [0.29, 0.717) is 13.0 Å². The number of β-amino-alcohol motifs (C(OH)–C–C–N with tert-alkyl or cyclic N) is 1. The number of hydrogen-bond acceptors (Lipinski definition) is 6. The largest absolute Gasteiger partial charge is 0.445 e. The highest BCUT2D eigenvalue weighted by atomic mass is 16.5. The maximum atomic E-state index is 11.9. The van der Waals surface area contributed by atoms with Crippen molar-refractivity contribution in [2.24, 2.45) is 5.41 Å². The average molecular weight is 380 g/mol. The predicted molar refractivity (Wildman–Crippen MR) is 102 cm³/mol. The number of ether oxygens (including phenoxy) is 1. The molecule has 1 spiro atoms. The molecule has 7 nitrogen and oxygen atoms in total. The minimum atomic E-state index is -0.515. The second kappa shape index (κ2) is 10.6. The molecule has 2 atom stereocenters. The molecule has 152 valence electrons. The zero-order valence-corrected chi connectivity index (χ0v) is 16.0. The number of carbonyl (C=O) groups is 1. The minimum Gasteiger partial charge on any atom is -0.445 e. The van der Waals surface area contributed by atoms with E-state index in [4.69, 9.17) is 9.84 Å². The Morgan fingerprint density at radius 1 is 1.30 bits per heavy atom. The highest BCUT2D eigenvalue weighted by Gasteiger charge is 2.51. The van der Waals surface area contributed by atoms with Gasteiger partial charge < -0.3 is 30.3 Å². The number of benzene rings is 1. The number of carbonyl (C=O) groups excluding carboxylic acids is 1. The van der Waals surface area contributed by atoms with Crippen molar-refractivity contribution < 1.29 is 24.9 Å². The zero-order chi connectivity index (χ0) is 19.7. The fraction of sp³-hybridized carbons (Fsp3) is 0.650. The van der Waals surface area contributed by atoms with Crippen LogP contribution in [0.25, 0.3) is 0 Å². The van der Waals surface area contributed by atoms with Gasteiger partial charge in [0.15, 0.2) is 0 Å². The number of nitrogens with one attached hydrogen (secondary N) is 1. The summed E-state index contributed by atoms with van der Waals surface area (Å²) >= 11 is 0. The Kier molecular flexibility index (Phi) is 8.50. The van der Waals surface area contributed by atoms with Crippen molar-refractivity contribution >= 4 is 6.09 Å².